The van der Waals surface area contributed by atoms with Gasteiger partial charge < -0.3 is 15.6 Å². The van der Waals surface area contributed by atoms with Crippen LogP contribution in [0, 0.1) is 5.82 Å². The molecule has 0 atom stereocenters. The minimum absolute atomic E-state index is 0.224. The first kappa shape index (κ1) is 20.7. The van der Waals surface area contributed by atoms with Crippen LogP contribution >= 0.6 is 0 Å². The lowest BCUT2D eigenvalue weighted by Gasteiger charge is -2.20. The first-order chi connectivity index (χ1) is 16.7. The van der Waals surface area contributed by atoms with E-state index in [0.29, 0.717) is 12.5 Å². The molecule has 3 aromatic carbocycles. The van der Waals surface area contributed by atoms with E-state index in [0.717, 1.165) is 58.1 Å². The number of benzene rings is 3. The van der Waals surface area contributed by atoms with Crippen molar-refractivity contribution in [3.8, 4) is 0 Å². The normalized spacial score (nSPS) is 13.2. The number of para-hydroxylation sites is 1. The number of aromatic amines is 1. The fourth-order valence-electron chi connectivity index (χ4n) is 4.94. The summed E-state index contributed by atoms with van der Waals surface area (Å²) in [5.41, 5.74) is 6.86. The molecule has 3 N–H and O–H groups in total. The van der Waals surface area contributed by atoms with Crippen molar-refractivity contribution in [2.24, 2.45) is 0 Å². The third-order valence-electron chi connectivity index (χ3n) is 6.66. The molecule has 1 aliphatic rings. The van der Waals surface area contributed by atoms with Crippen LogP contribution < -0.4 is 10.6 Å². The SMILES string of the molecule is Fc1ccc2[nH]cc(CCNc3nc(Nc4cccc5c4CCCC5)c4ccccc4n3)c2c1. The zero-order valence-corrected chi connectivity index (χ0v) is 18.9. The molecule has 0 aliphatic heterocycles. The van der Waals surface area contributed by atoms with Crippen molar-refractivity contribution in [3.05, 3.63) is 89.4 Å². The molecule has 170 valence electrons. The van der Waals surface area contributed by atoms with Crippen LogP contribution in [0.3, 0.4) is 0 Å². The summed E-state index contributed by atoms with van der Waals surface area (Å²) in [5, 5.41) is 8.89. The first-order valence-electron chi connectivity index (χ1n) is 11.9. The summed E-state index contributed by atoms with van der Waals surface area (Å²) in [5.74, 6) is 1.16. The number of H-pyrrole nitrogens is 1. The van der Waals surface area contributed by atoms with E-state index in [2.05, 4.69) is 39.9 Å². The number of anilines is 3. The van der Waals surface area contributed by atoms with Crippen molar-refractivity contribution in [3.63, 3.8) is 0 Å². The van der Waals surface area contributed by atoms with Gasteiger partial charge in [-0.25, -0.2) is 9.37 Å². The third-order valence-corrected chi connectivity index (χ3v) is 6.66. The van der Waals surface area contributed by atoms with E-state index in [1.54, 1.807) is 12.1 Å². The highest BCUT2D eigenvalue weighted by Gasteiger charge is 2.15. The Balaban J connectivity index is 1.27. The highest BCUT2D eigenvalue weighted by atomic mass is 19.1. The molecule has 0 fully saturated rings. The molecule has 0 bridgehead atoms. The van der Waals surface area contributed by atoms with Crippen molar-refractivity contribution in [1.29, 1.82) is 0 Å². The van der Waals surface area contributed by atoms with E-state index < -0.39 is 0 Å². The number of nitrogens with one attached hydrogen (secondary N) is 3. The topological polar surface area (TPSA) is 65.6 Å². The number of halogens is 1. The molecule has 6 heteroatoms. The Morgan fingerprint density at radius 3 is 2.79 bits per heavy atom. The number of fused-ring (bicyclic) bond motifs is 3. The summed E-state index contributed by atoms with van der Waals surface area (Å²) in [6.07, 6.45) is 7.38. The molecule has 1 aliphatic carbocycles. The third kappa shape index (κ3) is 3.96. The molecule has 6 rings (SSSR count). The first-order valence-corrected chi connectivity index (χ1v) is 11.9. The van der Waals surface area contributed by atoms with E-state index in [1.807, 2.05) is 24.4 Å². The lowest BCUT2D eigenvalue weighted by molar-refractivity contribution is 0.629. The fraction of sp³-hybridized carbons (Fsp3) is 0.214. The van der Waals surface area contributed by atoms with Crippen molar-refractivity contribution < 1.29 is 4.39 Å². The number of nitrogens with zero attached hydrogens (tertiary/aromatic N) is 2. The van der Waals surface area contributed by atoms with Crippen LogP contribution in [0.4, 0.5) is 21.8 Å². The van der Waals surface area contributed by atoms with E-state index in [1.165, 1.54) is 30.0 Å². The van der Waals surface area contributed by atoms with Crippen LogP contribution in [0.5, 0.6) is 0 Å². The largest absolute Gasteiger partial charge is 0.361 e. The van der Waals surface area contributed by atoms with E-state index in [9.17, 15) is 4.39 Å². The Hall–Kier alpha value is -3.93. The van der Waals surface area contributed by atoms with Crippen LogP contribution in [0.15, 0.2) is 66.9 Å². The van der Waals surface area contributed by atoms with E-state index in [4.69, 9.17) is 9.97 Å². The van der Waals surface area contributed by atoms with Gasteiger partial charge in [-0.1, -0.05) is 24.3 Å². The molecule has 5 nitrogen and oxygen atoms in total. The summed E-state index contributed by atoms with van der Waals surface area (Å²) in [6.45, 7) is 0.641. The molecule has 0 saturated carbocycles. The van der Waals surface area contributed by atoms with Crippen LogP contribution in [-0.4, -0.2) is 21.5 Å². The molecule has 0 saturated heterocycles. The van der Waals surface area contributed by atoms with Gasteiger partial charge in [0.1, 0.15) is 11.6 Å². The van der Waals surface area contributed by atoms with E-state index in [-0.39, 0.29) is 5.82 Å². The summed E-state index contributed by atoms with van der Waals surface area (Å²) in [6, 6.07) is 19.4. The van der Waals surface area contributed by atoms with Gasteiger partial charge in [0.2, 0.25) is 5.95 Å². The minimum Gasteiger partial charge on any atom is -0.361 e. The molecule has 34 heavy (non-hydrogen) atoms. The van der Waals surface area contributed by atoms with Crippen LogP contribution in [0.2, 0.25) is 0 Å². The number of aromatic nitrogens is 3. The fourth-order valence-corrected chi connectivity index (χ4v) is 4.94. The van der Waals surface area contributed by atoms with Gasteiger partial charge in [-0.2, -0.15) is 4.98 Å². The number of hydrogen-bond donors (Lipinski definition) is 3. The van der Waals surface area contributed by atoms with Crippen molar-refractivity contribution in [2.45, 2.75) is 32.1 Å². The van der Waals surface area contributed by atoms with Gasteiger partial charge in [-0.05, 0) is 85.2 Å². The van der Waals surface area contributed by atoms with Crippen molar-refractivity contribution >= 4 is 39.3 Å². The molecule has 2 heterocycles. The number of aryl methyl sites for hydroxylation is 1. The predicted molar refractivity (Wildman–Crippen MR) is 136 cm³/mol. The lowest BCUT2D eigenvalue weighted by atomic mass is 9.90. The lowest BCUT2D eigenvalue weighted by Crippen LogP contribution is -2.10. The highest BCUT2D eigenvalue weighted by molar-refractivity contribution is 5.92. The molecule has 5 aromatic rings. The van der Waals surface area contributed by atoms with Gasteiger partial charge in [0.05, 0.1) is 5.52 Å². The summed E-state index contributed by atoms with van der Waals surface area (Å²) in [7, 11) is 0. The van der Waals surface area contributed by atoms with Gasteiger partial charge >= 0.3 is 0 Å². The Bertz CT molecular complexity index is 1490. The average Bonchev–Trinajstić information content (AvgIpc) is 3.26. The maximum atomic E-state index is 13.7. The average molecular weight is 452 g/mol. The number of hydrogen-bond acceptors (Lipinski definition) is 4. The van der Waals surface area contributed by atoms with Crippen LogP contribution in [0.1, 0.15) is 29.5 Å². The Labute approximate surface area is 197 Å². The monoisotopic (exact) mass is 451 g/mol. The van der Waals surface area contributed by atoms with Crippen molar-refractivity contribution in [2.75, 3.05) is 17.2 Å². The summed E-state index contributed by atoms with van der Waals surface area (Å²) in [4.78, 5) is 12.8. The molecule has 0 amide bonds. The van der Waals surface area contributed by atoms with E-state index >= 15 is 0 Å². The molecular weight excluding hydrogens is 425 g/mol. The highest BCUT2D eigenvalue weighted by Crippen LogP contribution is 2.32. The number of rotatable bonds is 6. The summed E-state index contributed by atoms with van der Waals surface area (Å²) < 4.78 is 13.7. The standard InChI is InChI=1S/C28H26FN5/c29-20-12-13-24-23(16-20)19(17-31-24)14-15-30-28-33-26-10-4-3-9-22(26)27(34-28)32-25-11-5-7-18-6-1-2-8-21(18)25/h3-5,7,9-13,16-17,31H,1-2,6,8,14-15H2,(H2,30,32,33,34). The second-order valence-electron chi connectivity index (χ2n) is 8.87. The predicted octanol–water partition coefficient (Wildman–Crippen LogP) is 6.53. The molecule has 2 aromatic heterocycles. The Morgan fingerprint density at radius 2 is 1.82 bits per heavy atom. The second-order valence-corrected chi connectivity index (χ2v) is 8.87. The quantitative estimate of drug-likeness (QED) is 0.275. The maximum Gasteiger partial charge on any atom is 0.225 e. The van der Waals surface area contributed by atoms with Crippen molar-refractivity contribution in [1.82, 2.24) is 15.0 Å². The second kappa shape index (κ2) is 8.78. The molecular formula is C28H26FN5. The summed E-state index contributed by atoms with van der Waals surface area (Å²) >= 11 is 0. The van der Waals surface area contributed by atoms with Gasteiger partial charge in [0.15, 0.2) is 0 Å². The maximum absolute atomic E-state index is 13.7. The minimum atomic E-state index is -0.224. The zero-order valence-electron chi connectivity index (χ0n) is 18.9. The van der Waals surface area contributed by atoms with Gasteiger partial charge in [0.25, 0.3) is 0 Å². The molecule has 0 radical (unpaired) electrons. The zero-order chi connectivity index (χ0) is 22.9. The smallest absolute Gasteiger partial charge is 0.225 e. The Morgan fingerprint density at radius 1 is 0.912 bits per heavy atom. The van der Waals surface area contributed by atoms with Crippen LogP contribution in [-0.2, 0) is 19.3 Å². The van der Waals surface area contributed by atoms with Gasteiger partial charge in [0, 0.05) is 34.7 Å². The molecule has 0 spiro atoms. The van der Waals surface area contributed by atoms with Crippen LogP contribution in [0.25, 0.3) is 21.8 Å². The van der Waals surface area contributed by atoms with Gasteiger partial charge in [-0.3, -0.25) is 0 Å². The molecule has 0 unspecified atom stereocenters. The van der Waals surface area contributed by atoms with Gasteiger partial charge in [-0.15, -0.1) is 0 Å². The Kier molecular flexibility index (Phi) is 5.34.